The van der Waals surface area contributed by atoms with E-state index >= 15 is 0 Å². The number of fused-ring (bicyclic) bond motifs is 4. The number of anilines is 1. The normalized spacial score (nSPS) is 27.7. The number of carbonyl (C=O) groups is 4. The van der Waals surface area contributed by atoms with Gasteiger partial charge in [-0.25, -0.2) is 0 Å². The summed E-state index contributed by atoms with van der Waals surface area (Å²) < 4.78 is 0. The van der Waals surface area contributed by atoms with Crippen LogP contribution < -0.4 is 10.6 Å². The van der Waals surface area contributed by atoms with Crippen molar-refractivity contribution in [2.75, 3.05) is 11.9 Å². The molecule has 1 spiro atoms. The maximum absolute atomic E-state index is 13.6. The summed E-state index contributed by atoms with van der Waals surface area (Å²) in [5.41, 5.74) is 0.444. The number of aliphatic carboxylic acids is 1. The van der Waals surface area contributed by atoms with Gasteiger partial charge in [-0.15, -0.1) is 0 Å². The van der Waals surface area contributed by atoms with Crippen LogP contribution in [0.5, 0.6) is 0 Å². The second-order valence-electron chi connectivity index (χ2n) is 8.67. The van der Waals surface area contributed by atoms with Crippen molar-refractivity contribution in [1.82, 2.24) is 10.2 Å². The third-order valence-corrected chi connectivity index (χ3v) is 7.24. The summed E-state index contributed by atoms with van der Waals surface area (Å²) in [7, 11) is 0. The Morgan fingerprint density at radius 3 is 2.55 bits per heavy atom. The van der Waals surface area contributed by atoms with Gasteiger partial charge in [0.05, 0.1) is 22.5 Å². The van der Waals surface area contributed by atoms with Gasteiger partial charge in [-0.05, 0) is 24.5 Å². The number of carboxylic acid groups (broad SMARTS) is 1. The summed E-state index contributed by atoms with van der Waals surface area (Å²) in [4.78, 5) is 52.9. The summed E-state index contributed by atoms with van der Waals surface area (Å²) in [6.07, 6.45) is 0.423. The van der Waals surface area contributed by atoms with Gasteiger partial charge in [0.25, 0.3) is 0 Å². The summed E-state index contributed by atoms with van der Waals surface area (Å²) >= 11 is 6.31. The van der Waals surface area contributed by atoms with Crippen LogP contribution in [0.15, 0.2) is 48.5 Å². The van der Waals surface area contributed by atoms with Crippen molar-refractivity contribution in [3.8, 4) is 0 Å². The van der Waals surface area contributed by atoms with Crippen LogP contribution in [0.4, 0.5) is 5.69 Å². The van der Waals surface area contributed by atoms with Crippen molar-refractivity contribution in [2.45, 2.75) is 30.8 Å². The second-order valence-corrected chi connectivity index (χ2v) is 9.08. The van der Waals surface area contributed by atoms with Crippen molar-refractivity contribution in [3.63, 3.8) is 0 Å². The molecule has 3 aliphatic rings. The smallest absolute Gasteiger partial charge is 0.303 e. The highest BCUT2D eigenvalue weighted by Crippen LogP contribution is 2.54. The standard InChI is InChI=1S/C24H22ClN3O5/c25-15-8-4-7-14-20(15)26-23(33)24(14)19-18(16(27-24)9-10-17(29)30)21(31)28(22(19)32)12-11-13-5-2-1-3-6-13/h1-8,16,18-19,27H,9-12H2,(H,26,33)(H,29,30). The maximum Gasteiger partial charge on any atom is 0.303 e. The van der Waals surface area contributed by atoms with E-state index < -0.39 is 41.2 Å². The van der Waals surface area contributed by atoms with Gasteiger partial charge in [-0.3, -0.25) is 29.4 Å². The van der Waals surface area contributed by atoms with Crippen molar-refractivity contribution in [2.24, 2.45) is 11.8 Å². The summed E-state index contributed by atoms with van der Waals surface area (Å²) in [5.74, 6) is -4.06. The van der Waals surface area contributed by atoms with E-state index in [2.05, 4.69) is 10.6 Å². The van der Waals surface area contributed by atoms with Gasteiger partial charge in [0.15, 0.2) is 0 Å². The molecule has 2 aromatic rings. The molecule has 4 unspecified atom stereocenters. The SMILES string of the molecule is O=C(O)CCC1NC2(C(=O)Nc3c(Cl)cccc32)C2C(=O)N(CCc3ccccc3)C(=O)C12. The first-order chi connectivity index (χ1) is 15.8. The monoisotopic (exact) mass is 467 g/mol. The Bertz CT molecular complexity index is 1170. The van der Waals surface area contributed by atoms with Gasteiger partial charge in [0, 0.05) is 24.6 Å². The van der Waals surface area contributed by atoms with Crippen molar-refractivity contribution in [3.05, 3.63) is 64.7 Å². The van der Waals surface area contributed by atoms with Crippen LogP contribution in [-0.4, -0.2) is 46.3 Å². The van der Waals surface area contributed by atoms with E-state index in [1.807, 2.05) is 30.3 Å². The zero-order valence-electron chi connectivity index (χ0n) is 17.6. The molecule has 0 saturated carbocycles. The van der Waals surface area contributed by atoms with E-state index in [1.54, 1.807) is 18.2 Å². The van der Waals surface area contributed by atoms with Crippen LogP contribution in [0.1, 0.15) is 24.0 Å². The van der Waals surface area contributed by atoms with E-state index in [1.165, 1.54) is 4.90 Å². The molecule has 33 heavy (non-hydrogen) atoms. The quantitative estimate of drug-likeness (QED) is 0.561. The number of para-hydroxylation sites is 1. The Labute approximate surface area is 194 Å². The number of carboxylic acids is 1. The minimum absolute atomic E-state index is 0.118. The number of imide groups is 1. The van der Waals surface area contributed by atoms with Crippen molar-refractivity contribution in [1.29, 1.82) is 0 Å². The number of nitrogens with one attached hydrogen (secondary N) is 2. The average molecular weight is 468 g/mol. The fraction of sp³-hybridized carbons (Fsp3) is 0.333. The molecular weight excluding hydrogens is 446 g/mol. The molecule has 2 saturated heterocycles. The van der Waals surface area contributed by atoms with Gasteiger partial charge in [0.1, 0.15) is 5.54 Å². The first-order valence-electron chi connectivity index (χ1n) is 10.8. The molecule has 0 aliphatic carbocycles. The molecule has 4 atom stereocenters. The lowest BCUT2D eigenvalue weighted by atomic mass is 9.76. The highest BCUT2D eigenvalue weighted by Gasteiger charge is 2.70. The van der Waals surface area contributed by atoms with Gasteiger partial charge in [-0.1, -0.05) is 54.1 Å². The van der Waals surface area contributed by atoms with Crippen LogP contribution in [0.25, 0.3) is 0 Å². The molecular formula is C24H22ClN3O5. The Morgan fingerprint density at radius 1 is 1.06 bits per heavy atom. The van der Waals surface area contributed by atoms with Crippen LogP contribution in [0.3, 0.4) is 0 Å². The van der Waals surface area contributed by atoms with E-state index in [-0.39, 0.29) is 25.3 Å². The number of rotatable bonds is 6. The Morgan fingerprint density at radius 2 is 1.82 bits per heavy atom. The van der Waals surface area contributed by atoms with Gasteiger partial charge in [0.2, 0.25) is 17.7 Å². The number of benzene rings is 2. The molecule has 0 aromatic heterocycles. The molecule has 5 rings (SSSR count). The van der Waals surface area contributed by atoms with E-state index in [4.69, 9.17) is 11.6 Å². The third-order valence-electron chi connectivity index (χ3n) is 6.93. The van der Waals surface area contributed by atoms with E-state index in [9.17, 15) is 24.3 Å². The molecule has 2 aromatic carbocycles. The third kappa shape index (κ3) is 3.24. The zero-order chi connectivity index (χ0) is 23.3. The summed E-state index contributed by atoms with van der Waals surface area (Å²) in [6.45, 7) is 0.195. The molecule has 2 fully saturated rings. The molecule has 9 heteroatoms. The number of carbonyl (C=O) groups excluding carboxylic acids is 3. The van der Waals surface area contributed by atoms with Crippen molar-refractivity contribution >= 4 is 41.0 Å². The first kappa shape index (κ1) is 21.6. The summed E-state index contributed by atoms with van der Waals surface area (Å²) in [5, 5.41) is 15.5. The van der Waals surface area contributed by atoms with Crippen LogP contribution >= 0.6 is 11.6 Å². The number of halogens is 1. The lowest BCUT2D eigenvalue weighted by Crippen LogP contribution is -2.53. The first-order valence-corrected chi connectivity index (χ1v) is 11.2. The Hall–Kier alpha value is -3.23. The Kier molecular flexibility index (Phi) is 5.22. The number of nitrogens with zero attached hydrogens (tertiary/aromatic N) is 1. The van der Waals surface area contributed by atoms with Crippen LogP contribution in [-0.2, 0) is 31.1 Å². The Balaban J connectivity index is 1.53. The number of hydrogen-bond acceptors (Lipinski definition) is 5. The molecule has 0 bridgehead atoms. The molecule has 3 heterocycles. The predicted octanol–water partition coefficient (Wildman–Crippen LogP) is 2.17. The van der Waals surface area contributed by atoms with Crippen molar-refractivity contribution < 1.29 is 24.3 Å². The van der Waals surface area contributed by atoms with E-state index in [0.717, 1.165) is 5.56 Å². The van der Waals surface area contributed by atoms with Gasteiger partial charge < -0.3 is 10.4 Å². The minimum atomic E-state index is -1.47. The fourth-order valence-corrected chi connectivity index (χ4v) is 5.71. The summed E-state index contributed by atoms with van der Waals surface area (Å²) in [6, 6.07) is 13.9. The van der Waals surface area contributed by atoms with E-state index in [0.29, 0.717) is 22.7 Å². The highest BCUT2D eigenvalue weighted by atomic mass is 35.5. The molecule has 3 N–H and O–H groups in total. The van der Waals surface area contributed by atoms with Crippen LogP contribution in [0, 0.1) is 11.8 Å². The van der Waals surface area contributed by atoms with Crippen LogP contribution in [0.2, 0.25) is 5.02 Å². The lowest BCUT2D eigenvalue weighted by Gasteiger charge is -2.29. The number of amides is 3. The highest BCUT2D eigenvalue weighted by molar-refractivity contribution is 6.35. The lowest BCUT2D eigenvalue weighted by molar-refractivity contribution is -0.143. The van der Waals surface area contributed by atoms with Gasteiger partial charge >= 0.3 is 5.97 Å². The number of hydrogen-bond donors (Lipinski definition) is 3. The number of likely N-dealkylation sites (tertiary alicyclic amines) is 1. The topological polar surface area (TPSA) is 116 Å². The fourth-order valence-electron chi connectivity index (χ4n) is 5.49. The molecule has 8 nitrogen and oxygen atoms in total. The second kappa shape index (κ2) is 7.97. The zero-order valence-corrected chi connectivity index (χ0v) is 18.3. The van der Waals surface area contributed by atoms with Gasteiger partial charge in [-0.2, -0.15) is 0 Å². The predicted molar refractivity (Wildman–Crippen MR) is 119 cm³/mol. The average Bonchev–Trinajstić information content (AvgIpc) is 3.38. The molecule has 170 valence electrons. The minimum Gasteiger partial charge on any atom is -0.481 e. The molecule has 3 aliphatic heterocycles. The maximum atomic E-state index is 13.6. The molecule has 0 radical (unpaired) electrons. The largest absolute Gasteiger partial charge is 0.481 e. The molecule has 3 amide bonds.